The van der Waals surface area contributed by atoms with Gasteiger partial charge < -0.3 is 0 Å². The molecule has 3 rings (SSSR count). The molecular weight excluding hydrogens is 304 g/mol. The van der Waals surface area contributed by atoms with Crippen LogP contribution in [0.4, 0.5) is 11.4 Å². The zero-order valence-electron chi connectivity index (χ0n) is 10.7. The molecule has 0 radical (unpaired) electrons. The predicted molar refractivity (Wildman–Crippen MR) is 78.6 cm³/mol. The van der Waals surface area contributed by atoms with Crippen LogP contribution >= 0.6 is 15.9 Å². The molecule has 2 aromatic rings. The molecule has 0 saturated heterocycles. The molecule has 4 heteroatoms. The molecular formula is C15H13BrN2O. The van der Waals surface area contributed by atoms with Crippen molar-refractivity contribution < 1.29 is 4.79 Å². The van der Waals surface area contributed by atoms with E-state index in [1.807, 2.05) is 44.2 Å². The first-order chi connectivity index (χ1) is 9.03. The highest BCUT2D eigenvalue weighted by atomic mass is 79.9. The van der Waals surface area contributed by atoms with Gasteiger partial charge in [-0.15, -0.1) is 0 Å². The van der Waals surface area contributed by atoms with Gasteiger partial charge in [-0.3, -0.25) is 14.7 Å². The summed E-state index contributed by atoms with van der Waals surface area (Å²) in [5.41, 5.74) is 2.23. The first-order valence-corrected chi connectivity index (χ1v) is 6.86. The van der Waals surface area contributed by atoms with Crippen LogP contribution in [0.2, 0.25) is 0 Å². The summed E-state index contributed by atoms with van der Waals surface area (Å²) >= 11 is 3.56. The van der Waals surface area contributed by atoms with E-state index in [1.54, 1.807) is 17.3 Å². The Bertz CT molecular complexity index is 652. The zero-order chi connectivity index (χ0) is 13.6. The van der Waals surface area contributed by atoms with Gasteiger partial charge >= 0.3 is 0 Å². The van der Waals surface area contributed by atoms with E-state index in [-0.39, 0.29) is 5.91 Å². The summed E-state index contributed by atoms with van der Waals surface area (Å²) in [5.74, 6) is 0.0717. The number of amides is 1. The number of fused-ring (bicyclic) bond motifs is 1. The molecule has 0 aliphatic carbocycles. The van der Waals surface area contributed by atoms with Gasteiger partial charge in [0.2, 0.25) is 5.91 Å². The molecule has 0 N–H and O–H groups in total. The Kier molecular flexibility index (Phi) is 2.71. The maximum atomic E-state index is 12.7. The van der Waals surface area contributed by atoms with E-state index in [1.165, 1.54) is 0 Å². The Balaban J connectivity index is 2.26. The molecule has 1 aliphatic rings. The molecule has 0 atom stereocenters. The Morgan fingerprint density at radius 3 is 2.68 bits per heavy atom. The van der Waals surface area contributed by atoms with Gasteiger partial charge in [-0.05, 0) is 38.1 Å². The van der Waals surface area contributed by atoms with Crippen LogP contribution in [0, 0.1) is 0 Å². The first kappa shape index (κ1) is 12.4. The van der Waals surface area contributed by atoms with E-state index in [4.69, 9.17) is 0 Å². The second-order valence-electron chi connectivity index (χ2n) is 5.11. The summed E-state index contributed by atoms with van der Waals surface area (Å²) in [6.45, 7) is 3.91. The molecule has 0 unspecified atom stereocenters. The molecule has 19 heavy (non-hydrogen) atoms. The van der Waals surface area contributed by atoms with Gasteiger partial charge in [0.1, 0.15) is 0 Å². The number of pyridine rings is 1. The maximum absolute atomic E-state index is 12.7. The number of aromatic nitrogens is 1. The summed E-state index contributed by atoms with van der Waals surface area (Å²) in [5, 5.41) is 0. The SMILES string of the molecule is CC1(C)C(=O)N(c2cccnc2)c2cccc(Br)c21. The van der Waals surface area contributed by atoms with Crippen molar-refractivity contribution in [3.05, 3.63) is 52.8 Å². The fourth-order valence-corrected chi connectivity index (χ4v) is 3.41. The van der Waals surface area contributed by atoms with E-state index in [9.17, 15) is 4.79 Å². The normalized spacial score (nSPS) is 16.6. The summed E-state index contributed by atoms with van der Waals surface area (Å²) in [4.78, 5) is 18.6. The van der Waals surface area contributed by atoms with Crippen LogP contribution in [-0.4, -0.2) is 10.9 Å². The molecule has 0 spiro atoms. The lowest BCUT2D eigenvalue weighted by molar-refractivity contribution is -0.121. The lowest BCUT2D eigenvalue weighted by Crippen LogP contribution is -2.33. The molecule has 1 amide bonds. The fourth-order valence-electron chi connectivity index (χ4n) is 2.56. The molecule has 1 aliphatic heterocycles. The Morgan fingerprint density at radius 2 is 2.00 bits per heavy atom. The second-order valence-corrected chi connectivity index (χ2v) is 5.97. The van der Waals surface area contributed by atoms with Gasteiger partial charge in [0.05, 0.1) is 23.0 Å². The van der Waals surface area contributed by atoms with Crippen molar-refractivity contribution in [1.82, 2.24) is 4.98 Å². The third kappa shape index (κ3) is 1.70. The molecule has 0 fully saturated rings. The molecule has 0 saturated carbocycles. The number of nitrogens with zero attached hydrogens (tertiary/aromatic N) is 2. The average molecular weight is 317 g/mol. The van der Waals surface area contributed by atoms with Gasteiger partial charge in [-0.2, -0.15) is 0 Å². The van der Waals surface area contributed by atoms with E-state index in [0.29, 0.717) is 0 Å². The first-order valence-electron chi connectivity index (χ1n) is 6.07. The van der Waals surface area contributed by atoms with Crippen molar-refractivity contribution in [2.75, 3.05) is 4.90 Å². The Morgan fingerprint density at radius 1 is 1.21 bits per heavy atom. The van der Waals surface area contributed by atoms with Crippen molar-refractivity contribution in [3.8, 4) is 0 Å². The van der Waals surface area contributed by atoms with Crippen LogP contribution in [0.5, 0.6) is 0 Å². The lowest BCUT2D eigenvalue weighted by atomic mass is 9.86. The number of hydrogen-bond acceptors (Lipinski definition) is 2. The van der Waals surface area contributed by atoms with Crippen LogP contribution in [0.15, 0.2) is 47.2 Å². The zero-order valence-corrected chi connectivity index (χ0v) is 12.3. The van der Waals surface area contributed by atoms with Crippen LogP contribution in [0.3, 0.4) is 0 Å². The number of hydrogen-bond donors (Lipinski definition) is 0. The highest BCUT2D eigenvalue weighted by Crippen LogP contribution is 2.47. The summed E-state index contributed by atoms with van der Waals surface area (Å²) < 4.78 is 0.967. The van der Waals surface area contributed by atoms with E-state index >= 15 is 0 Å². The minimum atomic E-state index is -0.536. The van der Waals surface area contributed by atoms with Gasteiger partial charge in [0.15, 0.2) is 0 Å². The number of halogens is 1. The maximum Gasteiger partial charge on any atom is 0.241 e. The summed E-state index contributed by atoms with van der Waals surface area (Å²) in [7, 11) is 0. The molecule has 96 valence electrons. The second kappa shape index (κ2) is 4.17. The molecule has 0 bridgehead atoms. The molecule has 1 aromatic heterocycles. The minimum Gasteiger partial charge on any atom is -0.278 e. The van der Waals surface area contributed by atoms with Crippen LogP contribution < -0.4 is 4.90 Å². The van der Waals surface area contributed by atoms with Crippen molar-refractivity contribution in [3.63, 3.8) is 0 Å². The number of anilines is 2. The third-order valence-corrected chi connectivity index (χ3v) is 4.16. The van der Waals surface area contributed by atoms with E-state index < -0.39 is 5.41 Å². The van der Waals surface area contributed by atoms with Crippen LogP contribution in [-0.2, 0) is 10.2 Å². The van der Waals surface area contributed by atoms with Gasteiger partial charge in [-0.1, -0.05) is 22.0 Å². The quantitative estimate of drug-likeness (QED) is 0.801. The van der Waals surface area contributed by atoms with Crippen molar-refractivity contribution in [1.29, 1.82) is 0 Å². The van der Waals surface area contributed by atoms with Crippen LogP contribution in [0.25, 0.3) is 0 Å². The number of carbonyl (C=O) groups is 1. The number of benzene rings is 1. The highest BCUT2D eigenvalue weighted by Gasteiger charge is 2.45. The predicted octanol–water partition coefficient (Wildman–Crippen LogP) is 3.80. The third-order valence-electron chi connectivity index (χ3n) is 3.50. The number of rotatable bonds is 1. The van der Waals surface area contributed by atoms with Gasteiger partial charge in [0.25, 0.3) is 0 Å². The fraction of sp³-hybridized carbons (Fsp3) is 0.200. The van der Waals surface area contributed by atoms with E-state index in [0.717, 1.165) is 21.4 Å². The summed E-state index contributed by atoms with van der Waals surface area (Å²) in [6.07, 6.45) is 3.42. The molecule has 2 heterocycles. The Labute approximate surface area is 120 Å². The minimum absolute atomic E-state index is 0.0717. The monoisotopic (exact) mass is 316 g/mol. The molecule has 3 nitrogen and oxygen atoms in total. The number of carbonyl (C=O) groups excluding carboxylic acids is 1. The Hall–Kier alpha value is -1.68. The topological polar surface area (TPSA) is 33.2 Å². The summed E-state index contributed by atoms with van der Waals surface area (Å²) in [6, 6.07) is 9.63. The van der Waals surface area contributed by atoms with Crippen molar-refractivity contribution in [2.24, 2.45) is 0 Å². The van der Waals surface area contributed by atoms with Gasteiger partial charge in [0, 0.05) is 16.2 Å². The standard InChI is InChI=1S/C15H13BrN2O/c1-15(2)13-11(16)6-3-7-12(13)18(14(15)19)10-5-4-8-17-9-10/h3-9H,1-2H3. The average Bonchev–Trinajstić information content (AvgIpc) is 2.60. The van der Waals surface area contributed by atoms with Gasteiger partial charge in [-0.25, -0.2) is 0 Å². The van der Waals surface area contributed by atoms with Crippen molar-refractivity contribution in [2.45, 2.75) is 19.3 Å². The highest BCUT2D eigenvalue weighted by molar-refractivity contribution is 9.10. The largest absolute Gasteiger partial charge is 0.278 e. The lowest BCUT2D eigenvalue weighted by Gasteiger charge is -2.20. The van der Waals surface area contributed by atoms with Crippen LogP contribution in [0.1, 0.15) is 19.4 Å². The van der Waals surface area contributed by atoms with Crippen molar-refractivity contribution >= 4 is 33.2 Å². The smallest absolute Gasteiger partial charge is 0.241 e. The van der Waals surface area contributed by atoms with E-state index in [2.05, 4.69) is 20.9 Å². The molecule has 1 aromatic carbocycles.